The third-order valence-corrected chi connectivity index (χ3v) is 5.14. The van der Waals surface area contributed by atoms with Crippen LogP contribution in [0.1, 0.15) is 31.2 Å². The van der Waals surface area contributed by atoms with Gasteiger partial charge in [0.05, 0.1) is 0 Å². The van der Waals surface area contributed by atoms with Gasteiger partial charge in [-0.05, 0) is 17.7 Å². The standard InChI is InChI=1S/C18H19FN4O2S/c1-10(2)14-20-15-13(17(24)23(4)18(25)22(15)3)16(21-14)26-9-11-5-7-12(19)8-6-11/h5-8,10H,9H2,1-4H3. The van der Waals surface area contributed by atoms with E-state index in [1.807, 2.05) is 13.8 Å². The van der Waals surface area contributed by atoms with Gasteiger partial charge in [-0.3, -0.25) is 13.9 Å². The van der Waals surface area contributed by atoms with Crippen LogP contribution in [-0.2, 0) is 19.8 Å². The molecule has 0 aliphatic carbocycles. The largest absolute Gasteiger partial charge is 0.332 e. The Hall–Kier alpha value is -2.48. The second-order valence-corrected chi connectivity index (χ2v) is 7.33. The molecule has 1 aromatic carbocycles. The van der Waals surface area contributed by atoms with E-state index >= 15 is 0 Å². The van der Waals surface area contributed by atoms with Crippen LogP contribution in [0.2, 0.25) is 0 Å². The van der Waals surface area contributed by atoms with Crippen molar-refractivity contribution in [3.8, 4) is 0 Å². The zero-order chi connectivity index (χ0) is 19.0. The van der Waals surface area contributed by atoms with E-state index in [1.165, 1.54) is 35.5 Å². The number of halogens is 1. The molecule has 0 atom stereocenters. The van der Waals surface area contributed by atoms with Crippen molar-refractivity contribution in [1.29, 1.82) is 0 Å². The van der Waals surface area contributed by atoms with Gasteiger partial charge in [-0.15, -0.1) is 11.8 Å². The predicted octanol–water partition coefficient (Wildman–Crippen LogP) is 2.58. The van der Waals surface area contributed by atoms with E-state index in [9.17, 15) is 14.0 Å². The molecule has 0 saturated heterocycles. The molecule has 2 heterocycles. The van der Waals surface area contributed by atoms with Gasteiger partial charge in [-0.2, -0.15) is 0 Å². The van der Waals surface area contributed by atoms with Crippen molar-refractivity contribution in [2.45, 2.75) is 30.5 Å². The van der Waals surface area contributed by atoms with E-state index in [1.54, 1.807) is 19.2 Å². The lowest BCUT2D eigenvalue weighted by Gasteiger charge is -2.13. The lowest BCUT2D eigenvalue weighted by atomic mass is 10.2. The first-order valence-electron chi connectivity index (χ1n) is 8.14. The van der Waals surface area contributed by atoms with Crippen LogP contribution in [0.5, 0.6) is 0 Å². The van der Waals surface area contributed by atoms with Gasteiger partial charge in [0.2, 0.25) is 0 Å². The lowest BCUT2D eigenvalue weighted by molar-refractivity contribution is 0.627. The van der Waals surface area contributed by atoms with Crippen LogP contribution in [0.25, 0.3) is 11.0 Å². The van der Waals surface area contributed by atoms with Crippen molar-refractivity contribution in [2.24, 2.45) is 14.1 Å². The first kappa shape index (κ1) is 18.3. The van der Waals surface area contributed by atoms with E-state index in [0.29, 0.717) is 27.6 Å². The molecule has 2 aromatic heterocycles. The van der Waals surface area contributed by atoms with Crippen molar-refractivity contribution in [3.05, 3.63) is 62.3 Å². The minimum Gasteiger partial charge on any atom is -0.280 e. The van der Waals surface area contributed by atoms with Crippen LogP contribution >= 0.6 is 11.8 Å². The summed E-state index contributed by atoms with van der Waals surface area (Å²) in [7, 11) is 3.03. The average molecular weight is 374 g/mol. The molecule has 0 fully saturated rings. The first-order chi connectivity index (χ1) is 12.3. The molecule has 26 heavy (non-hydrogen) atoms. The Morgan fingerprint density at radius 1 is 1.08 bits per heavy atom. The molecule has 0 N–H and O–H groups in total. The number of benzene rings is 1. The van der Waals surface area contributed by atoms with Crippen molar-refractivity contribution in [2.75, 3.05) is 0 Å². The van der Waals surface area contributed by atoms with E-state index in [0.717, 1.165) is 10.1 Å². The zero-order valence-electron chi connectivity index (χ0n) is 15.0. The molecule has 0 saturated carbocycles. The number of fused-ring (bicyclic) bond motifs is 1. The molecule has 0 aliphatic heterocycles. The van der Waals surface area contributed by atoms with E-state index < -0.39 is 11.2 Å². The summed E-state index contributed by atoms with van der Waals surface area (Å²) >= 11 is 1.38. The van der Waals surface area contributed by atoms with Crippen molar-refractivity contribution >= 4 is 22.8 Å². The van der Waals surface area contributed by atoms with Gasteiger partial charge in [0.25, 0.3) is 5.56 Å². The highest BCUT2D eigenvalue weighted by atomic mass is 32.2. The highest BCUT2D eigenvalue weighted by molar-refractivity contribution is 7.98. The number of hydrogen-bond donors (Lipinski definition) is 0. The smallest absolute Gasteiger partial charge is 0.280 e. The predicted molar refractivity (Wildman–Crippen MR) is 100 cm³/mol. The normalized spacial score (nSPS) is 11.5. The second-order valence-electron chi connectivity index (χ2n) is 6.36. The fourth-order valence-electron chi connectivity index (χ4n) is 2.54. The molecule has 0 bridgehead atoms. The van der Waals surface area contributed by atoms with Gasteiger partial charge in [-0.25, -0.2) is 19.2 Å². The molecular weight excluding hydrogens is 355 g/mol. The van der Waals surface area contributed by atoms with Crippen LogP contribution in [0, 0.1) is 5.82 Å². The molecule has 3 rings (SSSR count). The number of hydrogen-bond acceptors (Lipinski definition) is 5. The summed E-state index contributed by atoms with van der Waals surface area (Å²) in [5.74, 6) is 0.846. The summed E-state index contributed by atoms with van der Waals surface area (Å²) in [5, 5.41) is 0.852. The molecular formula is C18H19FN4O2S. The zero-order valence-corrected chi connectivity index (χ0v) is 15.8. The second kappa shape index (κ2) is 7.03. The van der Waals surface area contributed by atoms with E-state index in [2.05, 4.69) is 9.97 Å². The Bertz CT molecular complexity index is 1090. The molecule has 136 valence electrons. The molecule has 0 aliphatic rings. The maximum atomic E-state index is 13.1. The molecule has 3 aromatic rings. The summed E-state index contributed by atoms with van der Waals surface area (Å²) in [6, 6.07) is 6.19. The summed E-state index contributed by atoms with van der Waals surface area (Å²) in [5.41, 5.74) is 0.403. The van der Waals surface area contributed by atoms with Gasteiger partial charge in [0.1, 0.15) is 22.1 Å². The highest BCUT2D eigenvalue weighted by Gasteiger charge is 2.18. The Labute approximate surface area is 153 Å². The summed E-state index contributed by atoms with van der Waals surface area (Å²) in [6.07, 6.45) is 0. The average Bonchev–Trinajstić information content (AvgIpc) is 2.63. The molecule has 0 spiro atoms. The van der Waals surface area contributed by atoms with E-state index in [-0.39, 0.29) is 11.7 Å². The monoisotopic (exact) mass is 374 g/mol. The number of thioether (sulfide) groups is 1. The maximum Gasteiger partial charge on any atom is 0.332 e. The van der Waals surface area contributed by atoms with Crippen molar-refractivity contribution < 1.29 is 4.39 Å². The van der Waals surface area contributed by atoms with Crippen LogP contribution in [-0.4, -0.2) is 19.1 Å². The SMILES string of the molecule is CC(C)c1nc(SCc2ccc(F)cc2)c2c(=O)n(C)c(=O)n(C)c2n1. The van der Waals surface area contributed by atoms with Crippen LogP contribution < -0.4 is 11.2 Å². The van der Waals surface area contributed by atoms with E-state index in [4.69, 9.17) is 0 Å². The van der Waals surface area contributed by atoms with Gasteiger partial charge in [-0.1, -0.05) is 26.0 Å². The Morgan fingerprint density at radius 2 is 1.73 bits per heavy atom. The Balaban J connectivity index is 2.17. The molecule has 0 amide bonds. The highest BCUT2D eigenvalue weighted by Crippen LogP contribution is 2.27. The number of aromatic nitrogens is 4. The minimum atomic E-state index is -0.426. The van der Waals surface area contributed by atoms with Crippen molar-refractivity contribution in [3.63, 3.8) is 0 Å². The topological polar surface area (TPSA) is 69.8 Å². The number of nitrogens with zero attached hydrogens (tertiary/aromatic N) is 4. The summed E-state index contributed by atoms with van der Waals surface area (Å²) in [6.45, 7) is 3.91. The van der Waals surface area contributed by atoms with Gasteiger partial charge < -0.3 is 0 Å². The van der Waals surface area contributed by atoms with Crippen molar-refractivity contribution in [1.82, 2.24) is 19.1 Å². The fraction of sp³-hybridized carbons (Fsp3) is 0.333. The third-order valence-electron chi connectivity index (χ3n) is 4.09. The number of aryl methyl sites for hydroxylation is 1. The van der Waals surface area contributed by atoms with Gasteiger partial charge in [0, 0.05) is 25.8 Å². The molecule has 6 nitrogen and oxygen atoms in total. The Morgan fingerprint density at radius 3 is 2.35 bits per heavy atom. The van der Waals surface area contributed by atoms with Crippen LogP contribution in [0.3, 0.4) is 0 Å². The van der Waals surface area contributed by atoms with Crippen LogP contribution in [0.15, 0.2) is 38.9 Å². The molecule has 0 radical (unpaired) electrons. The third kappa shape index (κ3) is 3.29. The minimum absolute atomic E-state index is 0.0451. The summed E-state index contributed by atoms with van der Waals surface area (Å²) in [4.78, 5) is 33.9. The lowest BCUT2D eigenvalue weighted by Crippen LogP contribution is -2.37. The maximum absolute atomic E-state index is 13.1. The fourth-order valence-corrected chi connectivity index (χ4v) is 3.52. The molecule has 8 heteroatoms. The summed E-state index contributed by atoms with van der Waals surface area (Å²) < 4.78 is 15.5. The first-order valence-corrected chi connectivity index (χ1v) is 9.13. The number of rotatable bonds is 4. The van der Waals surface area contributed by atoms with Crippen LogP contribution in [0.4, 0.5) is 4.39 Å². The molecule has 0 unspecified atom stereocenters. The van der Waals surface area contributed by atoms with Gasteiger partial charge >= 0.3 is 5.69 Å². The quantitative estimate of drug-likeness (QED) is 0.519. The Kier molecular flexibility index (Phi) is 4.95. The van der Waals surface area contributed by atoms with Gasteiger partial charge in [0.15, 0.2) is 5.65 Å².